The molecule has 0 radical (unpaired) electrons. The number of likely N-dealkylation sites (tertiary alicyclic amines) is 1. The summed E-state index contributed by atoms with van der Waals surface area (Å²) in [6.45, 7) is 4.91. The first-order valence-electron chi connectivity index (χ1n) is 6.52. The second kappa shape index (κ2) is 4.49. The van der Waals surface area contributed by atoms with E-state index in [2.05, 4.69) is 0 Å². The molecule has 0 aromatic carbocycles. The Hall–Kier alpha value is -0.620. The van der Waals surface area contributed by atoms with Gasteiger partial charge in [-0.2, -0.15) is 4.31 Å². The Morgan fingerprint density at radius 2 is 1.94 bits per heavy atom. The van der Waals surface area contributed by atoms with E-state index in [-0.39, 0.29) is 11.9 Å². The van der Waals surface area contributed by atoms with Crippen molar-refractivity contribution in [2.75, 3.05) is 19.3 Å². The predicted octanol–water partition coefficient (Wildman–Crippen LogP) is 0.811. The zero-order valence-electron chi connectivity index (χ0n) is 11.3. The molecular weight excluding hydrogens is 252 g/mol. The van der Waals surface area contributed by atoms with Gasteiger partial charge < -0.3 is 4.90 Å². The molecule has 0 bridgehead atoms. The van der Waals surface area contributed by atoms with Crippen molar-refractivity contribution < 1.29 is 13.2 Å². The van der Waals surface area contributed by atoms with Gasteiger partial charge in [0.15, 0.2) is 0 Å². The van der Waals surface area contributed by atoms with Crippen LogP contribution in [0.5, 0.6) is 0 Å². The lowest BCUT2D eigenvalue weighted by molar-refractivity contribution is -0.138. The number of fused-ring (bicyclic) bond motifs is 1. The predicted molar refractivity (Wildman–Crippen MR) is 69.6 cm³/mol. The quantitative estimate of drug-likeness (QED) is 0.711. The average molecular weight is 274 g/mol. The number of hydrogen-bond acceptors (Lipinski definition) is 3. The van der Waals surface area contributed by atoms with Crippen molar-refractivity contribution >= 4 is 15.9 Å². The van der Waals surface area contributed by atoms with Crippen LogP contribution in [0.2, 0.25) is 0 Å². The maximum Gasteiger partial charge on any atom is 0.219 e. The highest BCUT2D eigenvalue weighted by molar-refractivity contribution is 7.88. The molecule has 2 saturated heterocycles. The SMILES string of the molecule is CC(=O)N1CCC[C@@]2(C)[C@H]1CCCN2S(C)(=O)=O. The number of carbonyl (C=O) groups is 1. The highest BCUT2D eigenvalue weighted by atomic mass is 32.2. The van der Waals surface area contributed by atoms with Gasteiger partial charge in [-0.05, 0) is 32.6 Å². The van der Waals surface area contributed by atoms with E-state index in [1.54, 1.807) is 11.2 Å². The van der Waals surface area contributed by atoms with E-state index in [4.69, 9.17) is 0 Å². The molecule has 0 aliphatic carbocycles. The van der Waals surface area contributed by atoms with E-state index in [9.17, 15) is 13.2 Å². The van der Waals surface area contributed by atoms with Crippen molar-refractivity contribution in [3.63, 3.8) is 0 Å². The minimum absolute atomic E-state index is 0.0345. The van der Waals surface area contributed by atoms with Gasteiger partial charge in [-0.15, -0.1) is 0 Å². The van der Waals surface area contributed by atoms with E-state index in [1.165, 1.54) is 6.26 Å². The van der Waals surface area contributed by atoms with Gasteiger partial charge >= 0.3 is 0 Å². The lowest BCUT2D eigenvalue weighted by atomic mass is 9.78. The lowest BCUT2D eigenvalue weighted by Gasteiger charge is -2.55. The maximum absolute atomic E-state index is 11.9. The van der Waals surface area contributed by atoms with E-state index >= 15 is 0 Å². The Bertz CT molecular complexity index is 448. The third-order valence-electron chi connectivity index (χ3n) is 4.39. The van der Waals surface area contributed by atoms with E-state index in [1.807, 2.05) is 11.8 Å². The fourth-order valence-electron chi connectivity index (χ4n) is 3.63. The number of nitrogens with zero attached hydrogens (tertiary/aromatic N) is 2. The Kier molecular flexibility index (Phi) is 3.44. The van der Waals surface area contributed by atoms with Crippen molar-refractivity contribution in [3.05, 3.63) is 0 Å². The van der Waals surface area contributed by atoms with Crippen molar-refractivity contribution in [2.45, 2.75) is 51.1 Å². The van der Waals surface area contributed by atoms with Crippen molar-refractivity contribution in [3.8, 4) is 0 Å². The van der Waals surface area contributed by atoms with Crippen LogP contribution < -0.4 is 0 Å². The van der Waals surface area contributed by atoms with Crippen LogP contribution in [0.15, 0.2) is 0 Å². The van der Waals surface area contributed by atoms with Crippen LogP contribution in [0.25, 0.3) is 0 Å². The largest absolute Gasteiger partial charge is 0.338 e. The summed E-state index contributed by atoms with van der Waals surface area (Å²) in [5.74, 6) is 0.0567. The van der Waals surface area contributed by atoms with Crippen LogP contribution in [0.1, 0.15) is 39.5 Å². The van der Waals surface area contributed by atoms with Crippen LogP contribution in [0.3, 0.4) is 0 Å². The Balaban J connectivity index is 2.38. The minimum atomic E-state index is -3.21. The van der Waals surface area contributed by atoms with Crippen molar-refractivity contribution in [1.29, 1.82) is 0 Å². The van der Waals surface area contributed by atoms with Gasteiger partial charge in [0.25, 0.3) is 0 Å². The molecule has 0 spiro atoms. The molecule has 0 aromatic heterocycles. The first-order chi connectivity index (χ1) is 8.27. The van der Waals surface area contributed by atoms with E-state index < -0.39 is 15.6 Å². The number of carbonyl (C=O) groups excluding carboxylic acids is 1. The molecule has 2 atom stereocenters. The molecule has 0 unspecified atom stereocenters. The van der Waals surface area contributed by atoms with Crippen molar-refractivity contribution in [1.82, 2.24) is 9.21 Å². The van der Waals surface area contributed by atoms with Crippen LogP contribution in [0.4, 0.5) is 0 Å². The summed E-state index contributed by atoms with van der Waals surface area (Å²) >= 11 is 0. The first kappa shape index (κ1) is 13.8. The summed E-state index contributed by atoms with van der Waals surface area (Å²) in [7, 11) is -3.21. The summed E-state index contributed by atoms with van der Waals surface area (Å²) in [5.41, 5.74) is -0.421. The van der Waals surface area contributed by atoms with Gasteiger partial charge in [0, 0.05) is 20.0 Å². The van der Waals surface area contributed by atoms with Gasteiger partial charge in [0.1, 0.15) is 0 Å². The number of sulfonamides is 1. The van der Waals surface area contributed by atoms with Gasteiger partial charge in [0.05, 0.1) is 17.8 Å². The number of amides is 1. The fraction of sp³-hybridized carbons (Fsp3) is 0.917. The summed E-state index contributed by atoms with van der Waals surface area (Å²) in [5, 5.41) is 0. The Morgan fingerprint density at radius 1 is 1.28 bits per heavy atom. The fourth-order valence-corrected chi connectivity index (χ4v) is 5.06. The topological polar surface area (TPSA) is 57.7 Å². The third kappa shape index (κ3) is 2.16. The van der Waals surface area contributed by atoms with E-state index in [0.717, 1.165) is 32.2 Å². The smallest absolute Gasteiger partial charge is 0.219 e. The Labute approximate surface area is 109 Å². The van der Waals surface area contributed by atoms with Gasteiger partial charge in [-0.1, -0.05) is 0 Å². The molecule has 1 amide bonds. The van der Waals surface area contributed by atoms with Crippen LogP contribution in [0, 0.1) is 0 Å². The molecule has 104 valence electrons. The number of rotatable bonds is 1. The third-order valence-corrected chi connectivity index (χ3v) is 5.79. The molecule has 2 aliphatic heterocycles. The Morgan fingerprint density at radius 3 is 2.50 bits per heavy atom. The molecule has 18 heavy (non-hydrogen) atoms. The molecule has 6 heteroatoms. The molecular formula is C12H22N2O3S. The molecule has 0 aromatic rings. The summed E-state index contributed by atoms with van der Waals surface area (Å²) < 4.78 is 25.5. The standard InChI is InChI=1S/C12H22N2O3S/c1-10(15)13-8-5-7-12(2)11(13)6-4-9-14(12)18(3,16)17/h11H,4-9H2,1-3H3/t11-,12+/m1/s1. The number of hydrogen-bond donors (Lipinski definition) is 0. The van der Waals surface area contributed by atoms with Gasteiger partial charge in [0.2, 0.25) is 15.9 Å². The highest BCUT2D eigenvalue weighted by Gasteiger charge is 2.50. The zero-order chi connectivity index (χ0) is 13.6. The lowest BCUT2D eigenvalue weighted by Crippen LogP contribution is -2.67. The summed E-state index contributed by atoms with van der Waals surface area (Å²) in [4.78, 5) is 13.6. The second-order valence-corrected chi connectivity index (χ2v) is 7.57. The maximum atomic E-state index is 11.9. The average Bonchev–Trinajstić information content (AvgIpc) is 2.24. The molecule has 2 fully saturated rings. The molecule has 2 aliphatic rings. The molecule has 2 rings (SSSR count). The normalized spacial score (nSPS) is 34.2. The summed E-state index contributed by atoms with van der Waals surface area (Å²) in [6, 6.07) is 0.0345. The number of piperidine rings is 2. The van der Waals surface area contributed by atoms with Gasteiger partial charge in [-0.3, -0.25) is 4.79 Å². The molecule has 5 nitrogen and oxygen atoms in total. The van der Waals surface area contributed by atoms with Crippen molar-refractivity contribution in [2.24, 2.45) is 0 Å². The monoisotopic (exact) mass is 274 g/mol. The molecule has 0 N–H and O–H groups in total. The van der Waals surface area contributed by atoms with E-state index in [0.29, 0.717) is 6.54 Å². The van der Waals surface area contributed by atoms with Crippen LogP contribution in [-0.2, 0) is 14.8 Å². The summed E-state index contributed by atoms with van der Waals surface area (Å²) in [6.07, 6.45) is 4.72. The van der Waals surface area contributed by atoms with Crippen LogP contribution >= 0.6 is 0 Å². The zero-order valence-corrected chi connectivity index (χ0v) is 12.2. The van der Waals surface area contributed by atoms with Crippen LogP contribution in [-0.4, -0.2) is 54.5 Å². The van der Waals surface area contributed by atoms with Gasteiger partial charge in [-0.25, -0.2) is 8.42 Å². The minimum Gasteiger partial charge on any atom is -0.338 e. The first-order valence-corrected chi connectivity index (χ1v) is 8.36. The second-order valence-electron chi connectivity index (χ2n) is 5.67. The molecule has 2 heterocycles. The highest BCUT2D eigenvalue weighted by Crippen LogP contribution is 2.40. The molecule has 0 saturated carbocycles.